The van der Waals surface area contributed by atoms with E-state index in [9.17, 15) is 4.79 Å². The number of ether oxygens (including phenoxy) is 1. The third kappa shape index (κ3) is 4.57. The first-order valence-corrected chi connectivity index (χ1v) is 11.8. The zero-order valence-corrected chi connectivity index (χ0v) is 21.4. The number of anilines is 2. The van der Waals surface area contributed by atoms with E-state index in [0.717, 1.165) is 22.2 Å². The van der Waals surface area contributed by atoms with Gasteiger partial charge in [0.15, 0.2) is 0 Å². The van der Waals surface area contributed by atoms with E-state index in [1.807, 2.05) is 77.5 Å². The summed E-state index contributed by atoms with van der Waals surface area (Å²) in [6.45, 7) is 5.52. The minimum Gasteiger partial charge on any atom is -0.443 e. The summed E-state index contributed by atoms with van der Waals surface area (Å²) in [6.07, 6.45) is 6.55. The maximum atomic E-state index is 13.3. The molecule has 1 aromatic carbocycles. The number of nitrogens with zero attached hydrogens (tertiary/aromatic N) is 6. The molecule has 0 aliphatic carbocycles. The number of fused-ring (bicyclic) bond motifs is 1. The van der Waals surface area contributed by atoms with Gasteiger partial charge in [-0.05, 0) is 45.0 Å². The Hall–Kier alpha value is -4.11. The average Bonchev–Trinajstić information content (AvgIpc) is 3.51. The molecule has 0 amide bonds. The summed E-state index contributed by atoms with van der Waals surface area (Å²) in [6, 6.07) is 11.4. The minimum atomic E-state index is -0.656. The first-order valence-electron chi connectivity index (χ1n) is 11.4. The molecular formula is C26H26ClN7O2. The highest BCUT2D eigenvalue weighted by molar-refractivity contribution is 6.33. The number of rotatable bonds is 4. The van der Waals surface area contributed by atoms with Crippen LogP contribution in [0.4, 0.5) is 16.3 Å². The van der Waals surface area contributed by atoms with Gasteiger partial charge in [-0.3, -0.25) is 9.36 Å². The fourth-order valence-electron chi connectivity index (χ4n) is 4.01. The molecule has 0 saturated carbocycles. The molecule has 9 nitrogen and oxygen atoms in total. The number of carbonyl (C=O) groups is 1. The van der Waals surface area contributed by atoms with Gasteiger partial charge in [0, 0.05) is 55.3 Å². The van der Waals surface area contributed by atoms with Crippen molar-refractivity contribution in [2.75, 3.05) is 5.32 Å². The van der Waals surface area contributed by atoms with E-state index < -0.39 is 11.7 Å². The van der Waals surface area contributed by atoms with Crippen LogP contribution in [-0.2, 0) is 18.8 Å². The quantitative estimate of drug-likeness (QED) is 0.322. The molecule has 0 aliphatic rings. The van der Waals surface area contributed by atoms with E-state index in [-0.39, 0.29) is 0 Å². The van der Waals surface area contributed by atoms with Gasteiger partial charge in [0.2, 0.25) is 0 Å². The fraction of sp³-hybridized carbons (Fsp3) is 0.231. The van der Waals surface area contributed by atoms with Crippen molar-refractivity contribution < 1.29 is 9.53 Å². The van der Waals surface area contributed by atoms with Gasteiger partial charge in [-0.15, -0.1) is 0 Å². The highest BCUT2D eigenvalue weighted by Gasteiger charge is 2.24. The Balaban J connectivity index is 1.54. The third-order valence-electron chi connectivity index (χ3n) is 5.61. The predicted molar refractivity (Wildman–Crippen MR) is 141 cm³/mol. The predicted octanol–water partition coefficient (Wildman–Crippen LogP) is 6.02. The monoisotopic (exact) mass is 503 g/mol. The van der Waals surface area contributed by atoms with Crippen molar-refractivity contribution >= 4 is 40.1 Å². The largest absolute Gasteiger partial charge is 0.443 e. The highest BCUT2D eigenvalue weighted by atomic mass is 35.5. The van der Waals surface area contributed by atoms with Gasteiger partial charge < -0.3 is 10.1 Å². The Morgan fingerprint density at radius 3 is 2.44 bits per heavy atom. The van der Waals surface area contributed by atoms with Crippen molar-refractivity contribution in [3.8, 4) is 22.5 Å². The molecule has 4 heterocycles. The van der Waals surface area contributed by atoms with Crippen molar-refractivity contribution in [1.29, 1.82) is 0 Å². The number of aryl methyl sites for hydroxylation is 2. The summed E-state index contributed by atoms with van der Waals surface area (Å²) < 4.78 is 10.8. The molecule has 5 aromatic rings. The number of hydrogen-bond acceptors (Lipinski definition) is 6. The summed E-state index contributed by atoms with van der Waals surface area (Å²) in [7, 11) is 3.71. The zero-order chi connectivity index (χ0) is 25.6. The first kappa shape index (κ1) is 23.6. The van der Waals surface area contributed by atoms with Gasteiger partial charge >= 0.3 is 6.09 Å². The van der Waals surface area contributed by atoms with Crippen LogP contribution in [-0.4, -0.2) is 40.8 Å². The molecule has 0 atom stereocenters. The van der Waals surface area contributed by atoms with Crippen molar-refractivity contribution in [3.05, 3.63) is 66.2 Å². The van der Waals surface area contributed by atoms with Crippen LogP contribution in [0, 0.1) is 0 Å². The number of pyridine rings is 1. The lowest BCUT2D eigenvalue weighted by atomic mass is 10.1. The summed E-state index contributed by atoms with van der Waals surface area (Å²) >= 11 is 6.60. The number of aromatic nitrogens is 6. The molecule has 0 radical (unpaired) electrons. The van der Waals surface area contributed by atoms with Crippen LogP contribution < -0.4 is 5.32 Å². The van der Waals surface area contributed by atoms with E-state index in [1.54, 1.807) is 32.5 Å². The van der Waals surface area contributed by atoms with Gasteiger partial charge in [0.1, 0.15) is 11.4 Å². The molecule has 0 saturated heterocycles. The van der Waals surface area contributed by atoms with Gasteiger partial charge in [0.25, 0.3) is 0 Å². The summed E-state index contributed by atoms with van der Waals surface area (Å²) in [4.78, 5) is 17.8. The Labute approximate surface area is 213 Å². The third-order valence-corrected chi connectivity index (χ3v) is 5.92. The molecular weight excluding hydrogens is 478 g/mol. The lowest BCUT2D eigenvalue weighted by Gasteiger charge is -2.21. The molecule has 0 unspecified atom stereocenters. The molecule has 10 heteroatoms. The van der Waals surface area contributed by atoms with Gasteiger partial charge in [-0.2, -0.15) is 10.2 Å². The Bertz CT molecular complexity index is 1590. The highest BCUT2D eigenvalue weighted by Crippen LogP contribution is 2.33. The van der Waals surface area contributed by atoms with Gasteiger partial charge in [-0.25, -0.2) is 14.3 Å². The molecule has 184 valence electrons. The van der Waals surface area contributed by atoms with Crippen LogP contribution in [0.3, 0.4) is 0 Å². The lowest BCUT2D eigenvalue weighted by Crippen LogP contribution is -2.27. The molecule has 0 bridgehead atoms. The number of nitrogens with one attached hydrogen (secondary N) is 1. The summed E-state index contributed by atoms with van der Waals surface area (Å²) in [5, 5.41) is 13.1. The van der Waals surface area contributed by atoms with Crippen LogP contribution >= 0.6 is 11.6 Å². The molecule has 4 aromatic heterocycles. The van der Waals surface area contributed by atoms with Crippen molar-refractivity contribution in [2.45, 2.75) is 26.4 Å². The molecule has 0 spiro atoms. The van der Waals surface area contributed by atoms with Crippen LogP contribution in [0.5, 0.6) is 0 Å². The SMILES string of the molecule is Cn1cc(-c2cc3cnc(Nc4ccc(-c5ccnn5C)cc4Cl)cc3n2C(=O)OC(C)(C)C)cn1. The van der Waals surface area contributed by atoms with Crippen LogP contribution in [0.1, 0.15) is 20.8 Å². The maximum absolute atomic E-state index is 13.3. The molecule has 36 heavy (non-hydrogen) atoms. The van der Waals surface area contributed by atoms with E-state index in [1.165, 1.54) is 0 Å². The Morgan fingerprint density at radius 2 is 1.81 bits per heavy atom. The maximum Gasteiger partial charge on any atom is 0.419 e. The lowest BCUT2D eigenvalue weighted by molar-refractivity contribution is 0.0547. The van der Waals surface area contributed by atoms with Crippen LogP contribution in [0.2, 0.25) is 5.02 Å². The smallest absolute Gasteiger partial charge is 0.419 e. The molecule has 0 fully saturated rings. The van der Waals surface area contributed by atoms with Crippen molar-refractivity contribution in [1.82, 2.24) is 29.1 Å². The number of benzene rings is 1. The molecule has 0 aliphatic heterocycles. The topological polar surface area (TPSA) is 91.8 Å². The average molecular weight is 504 g/mol. The van der Waals surface area contributed by atoms with E-state index >= 15 is 0 Å². The van der Waals surface area contributed by atoms with Gasteiger partial charge in [0.05, 0.1) is 33.8 Å². The molecule has 5 rings (SSSR count). The van der Waals surface area contributed by atoms with Gasteiger partial charge in [-0.1, -0.05) is 17.7 Å². The van der Waals surface area contributed by atoms with Crippen molar-refractivity contribution in [3.63, 3.8) is 0 Å². The zero-order valence-electron chi connectivity index (χ0n) is 20.7. The van der Waals surface area contributed by atoms with Crippen LogP contribution in [0.25, 0.3) is 33.4 Å². The first-order chi connectivity index (χ1) is 17.1. The number of halogens is 1. The second kappa shape index (κ2) is 8.83. The van der Waals surface area contributed by atoms with E-state index in [2.05, 4.69) is 20.5 Å². The number of hydrogen-bond donors (Lipinski definition) is 1. The second-order valence-electron chi connectivity index (χ2n) is 9.54. The second-order valence-corrected chi connectivity index (χ2v) is 9.94. The Kier molecular flexibility index (Phi) is 5.80. The normalized spacial score (nSPS) is 11.7. The summed E-state index contributed by atoms with van der Waals surface area (Å²) in [5.41, 5.74) is 4.07. The fourth-order valence-corrected chi connectivity index (χ4v) is 4.24. The standard InChI is InChI=1S/C26H26ClN7O2/c1-26(2,3)36-25(35)34-22(18-14-30-32(4)15-18)11-17-13-28-24(12-23(17)34)31-20-7-6-16(10-19(20)27)21-8-9-29-33(21)5/h6-15H,1-5H3,(H,28,31). The van der Waals surface area contributed by atoms with Crippen molar-refractivity contribution in [2.24, 2.45) is 14.1 Å². The molecule has 1 N–H and O–H groups in total. The van der Waals surface area contributed by atoms with Crippen LogP contribution in [0.15, 0.2) is 61.2 Å². The summed E-state index contributed by atoms with van der Waals surface area (Å²) in [5.74, 6) is 0.540. The number of carbonyl (C=O) groups excluding carboxylic acids is 1. The Morgan fingerprint density at radius 1 is 1.00 bits per heavy atom. The van der Waals surface area contributed by atoms with E-state index in [0.29, 0.717) is 27.7 Å². The van der Waals surface area contributed by atoms with E-state index in [4.69, 9.17) is 16.3 Å². The minimum absolute atomic E-state index is 0.480.